The molecule has 0 radical (unpaired) electrons. The average Bonchev–Trinajstić information content (AvgIpc) is 2.45. The quantitative estimate of drug-likeness (QED) is 0.634. The first-order valence-corrected chi connectivity index (χ1v) is 7.97. The molecule has 0 saturated carbocycles. The van der Waals surface area contributed by atoms with Gasteiger partial charge in [0.05, 0.1) is 18.8 Å². The van der Waals surface area contributed by atoms with Gasteiger partial charge in [-0.15, -0.1) is 0 Å². The summed E-state index contributed by atoms with van der Waals surface area (Å²) in [6.45, 7) is 2.56. The van der Waals surface area contributed by atoms with Crippen LogP contribution in [-0.4, -0.2) is 50.2 Å². The number of esters is 1. The van der Waals surface area contributed by atoms with E-state index in [1.165, 1.54) is 4.90 Å². The maximum Gasteiger partial charge on any atom is 0.325 e. The summed E-state index contributed by atoms with van der Waals surface area (Å²) in [7, 11) is 1.54. The fourth-order valence-electron chi connectivity index (χ4n) is 1.65. The Labute approximate surface area is 140 Å². The number of halogens is 2. The molecule has 0 N–H and O–H groups in total. The van der Waals surface area contributed by atoms with Gasteiger partial charge in [0.1, 0.15) is 6.54 Å². The summed E-state index contributed by atoms with van der Waals surface area (Å²) in [6, 6.07) is 5.30. The molecular formula is C14H17Br2NO4. The standard InChI is InChI=1S/C14H17Br2NO4/c1-3-21-13(18)9-17(6-7-20-2)14(19)11-8-10(15)4-5-12(11)16/h4-5,8H,3,6-7,9H2,1-2H3. The molecule has 0 fully saturated rings. The largest absolute Gasteiger partial charge is 0.465 e. The first kappa shape index (κ1) is 18.1. The Bertz CT molecular complexity index is 508. The summed E-state index contributed by atoms with van der Waals surface area (Å²) >= 11 is 6.68. The minimum absolute atomic E-state index is 0.102. The van der Waals surface area contributed by atoms with Crippen LogP contribution >= 0.6 is 31.9 Å². The molecule has 0 atom stereocenters. The number of carbonyl (C=O) groups excluding carboxylic acids is 2. The number of ether oxygens (including phenoxy) is 2. The molecule has 1 aromatic rings. The van der Waals surface area contributed by atoms with E-state index in [4.69, 9.17) is 9.47 Å². The Balaban J connectivity index is 2.92. The highest BCUT2D eigenvalue weighted by Gasteiger charge is 2.21. The van der Waals surface area contributed by atoms with E-state index in [9.17, 15) is 9.59 Å². The highest BCUT2D eigenvalue weighted by molar-refractivity contribution is 9.11. The first-order valence-electron chi connectivity index (χ1n) is 6.38. The smallest absolute Gasteiger partial charge is 0.325 e. The third-order valence-corrected chi connectivity index (χ3v) is 3.82. The molecule has 1 amide bonds. The van der Waals surface area contributed by atoms with Crippen molar-refractivity contribution in [3.63, 3.8) is 0 Å². The normalized spacial score (nSPS) is 10.3. The van der Waals surface area contributed by atoms with E-state index in [0.717, 1.165) is 4.47 Å². The second kappa shape index (κ2) is 9.17. The summed E-state index contributed by atoms with van der Waals surface area (Å²) in [5.41, 5.74) is 0.477. The number of carbonyl (C=O) groups is 2. The SMILES string of the molecule is CCOC(=O)CN(CCOC)C(=O)c1cc(Br)ccc1Br. The topological polar surface area (TPSA) is 55.8 Å². The molecule has 0 aromatic heterocycles. The Morgan fingerprint density at radius 2 is 2.00 bits per heavy atom. The lowest BCUT2D eigenvalue weighted by Crippen LogP contribution is -2.38. The second-order valence-corrected chi connectivity index (χ2v) is 5.92. The van der Waals surface area contributed by atoms with Crippen molar-refractivity contribution in [1.82, 2.24) is 4.90 Å². The van der Waals surface area contributed by atoms with Crippen molar-refractivity contribution >= 4 is 43.7 Å². The third kappa shape index (κ3) is 5.76. The van der Waals surface area contributed by atoms with E-state index in [0.29, 0.717) is 23.2 Å². The van der Waals surface area contributed by atoms with Gasteiger partial charge in [0.25, 0.3) is 5.91 Å². The molecular weight excluding hydrogens is 406 g/mol. The van der Waals surface area contributed by atoms with Crippen molar-refractivity contribution in [2.24, 2.45) is 0 Å². The highest BCUT2D eigenvalue weighted by Crippen LogP contribution is 2.23. The molecule has 21 heavy (non-hydrogen) atoms. The minimum Gasteiger partial charge on any atom is -0.465 e. The molecule has 0 aliphatic rings. The van der Waals surface area contributed by atoms with Gasteiger partial charge in [-0.1, -0.05) is 15.9 Å². The fourth-order valence-corrected chi connectivity index (χ4v) is 2.43. The maximum absolute atomic E-state index is 12.6. The van der Waals surface area contributed by atoms with Crippen molar-refractivity contribution in [3.8, 4) is 0 Å². The molecule has 1 aromatic carbocycles. The molecule has 0 heterocycles. The first-order chi connectivity index (χ1) is 9.99. The molecule has 5 nitrogen and oxygen atoms in total. The van der Waals surface area contributed by atoms with Crippen LogP contribution in [0.4, 0.5) is 0 Å². The number of nitrogens with zero attached hydrogens (tertiary/aromatic N) is 1. The zero-order valence-electron chi connectivity index (χ0n) is 11.9. The lowest BCUT2D eigenvalue weighted by Gasteiger charge is -2.22. The number of methoxy groups -OCH3 is 1. The van der Waals surface area contributed by atoms with Crippen LogP contribution in [0.15, 0.2) is 27.1 Å². The molecule has 1 rings (SSSR count). The van der Waals surface area contributed by atoms with E-state index in [2.05, 4.69) is 31.9 Å². The van der Waals surface area contributed by atoms with Gasteiger partial charge in [0.15, 0.2) is 0 Å². The monoisotopic (exact) mass is 421 g/mol. The van der Waals surface area contributed by atoms with Gasteiger partial charge in [0.2, 0.25) is 0 Å². The number of hydrogen-bond acceptors (Lipinski definition) is 4. The zero-order valence-corrected chi connectivity index (χ0v) is 15.1. The van der Waals surface area contributed by atoms with Gasteiger partial charge < -0.3 is 14.4 Å². The van der Waals surface area contributed by atoms with Crippen LogP contribution in [0.25, 0.3) is 0 Å². The van der Waals surface area contributed by atoms with E-state index in [1.54, 1.807) is 26.2 Å². The maximum atomic E-state index is 12.6. The summed E-state index contributed by atoms with van der Waals surface area (Å²) in [5.74, 6) is -0.693. The predicted octanol–water partition coefficient (Wildman–Crippen LogP) is 2.86. The molecule has 0 bridgehead atoms. The fraction of sp³-hybridized carbons (Fsp3) is 0.429. The van der Waals surface area contributed by atoms with E-state index < -0.39 is 5.97 Å². The van der Waals surface area contributed by atoms with E-state index in [1.807, 2.05) is 6.07 Å². The molecule has 0 saturated heterocycles. The molecule has 0 spiro atoms. The minimum atomic E-state index is -0.437. The summed E-state index contributed by atoms with van der Waals surface area (Å²) < 4.78 is 11.3. The van der Waals surface area contributed by atoms with E-state index in [-0.39, 0.29) is 19.1 Å². The Kier molecular flexibility index (Phi) is 7.92. The highest BCUT2D eigenvalue weighted by atomic mass is 79.9. The van der Waals surface area contributed by atoms with Crippen molar-refractivity contribution in [1.29, 1.82) is 0 Å². The molecule has 0 aliphatic heterocycles. The Morgan fingerprint density at radius 3 is 2.62 bits per heavy atom. The molecule has 116 valence electrons. The van der Waals surface area contributed by atoms with Gasteiger partial charge in [-0.25, -0.2) is 0 Å². The van der Waals surface area contributed by atoms with Crippen LogP contribution in [-0.2, 0) is 14.3 Å². The summed E-state index contributed by atoms with van der Waals surface area (Å²) in [5, 5.41) is 0. The number of rotatable bonds is 7. The Hall–Kier alpha value is -0.920. The van der Waals surface area contributed by atoms with Crippen molar-refractivity contribution in [2.75, 3.05) is 33.4 Å². The summed E-state index contributed by atoms with van der Waals surface area (Å²) in [4.78, 5) is 25.6. The molecule has 0 aliphatic carbocycles. The Morgan fingerprint density at radius 1 is 1.29 bits per heavy atom. The van der Waals surface area contributed by atoms with E-state index >= 15 is 0 Å². The van der Waals surface area contributed by atoms with Crippen LogP contribution < -0.4 is 0 Å². The lowest BCUT2D eigenvalue weighted by atomic mass is 10.2. The van der Waals surface area contributed by atoms with Crippen LogP contribution in [0.1, 0.15) is 17.3 Å². The summed E-state index contributed by atoms with van der Waals surface area (Å²) in [6.07, 6.45) is 0. The zero-order chi connectivity index (χ0) is 15.8. The van der Waals surface area contributed by atoms with Crippen LogP contribution in [0.2, 0.25) is 0 Å². The van der Waals surface area contributed by atoms with Gasteiger partial charge in [-0.3, -0.25) is 9.59 Å². The average molecular weight is 423 g/mol. The van der Waals surface area contributed by atoms with Gasteiger partial charge in [0, 0.05) is 22.6 Å². The number of amides is 1. The number of hydrogen-bond donors (Lipinski definition) is 0. The van der Waals surface area contributed by atoms with Crippen molar-refractivity contribution in [3.05, 3.63) is 32.7 Å². The third-order valence-electron chi connectivity index (χ3n) is 2.64. The predicted molar refractivity (Wildman–Crippen MR) is 86.3 cm³/mol. The van der Waals surface area contributed by atoms with Crippen LogP contribution in [0.5, 0.6) is 0 Å². The van der Waals surface area contributed by atoms with Crippen LogP contribution in [0, 0.1) is 0 Å². The second-order valence-electron chi connectivity index (χ2n) is 4.15. The van der Waals surface area contributed by atoms with Crippen molar-refractivity contribution in [2.45, 2.75) is 6.92 Å². The molecule has 7 heteroatoms. The lowest BCUT2D eigenvalue weighted by molar-refractivity contribution is -0.143. The van der Waals surface area contributed by atoms with Gasteiger partial charge >= 0.3 is 5.97 Å². The number of benzene rings is 1. The molecule has 0 unspecified atom stereocenters. The van der Waals surface area contributed by atoms with Crippen molar-refractivity contribution < 1.29 is 19.1 Å². The van der Waals surface area contributed by atoms with Gasteiger partial charge in [-0.05, 0) is 41.1 Å². The van der Waals surface area contributed by atoms with Gasteiger partial charge in [-0.2, -0.15) is 0 Å². The van der Waals surface area contributed by atoms with Crippen LogP contribution in [0.3, 0.4) is 0 Å².